The van der Waals surface area contributed by atoms with Gasteiger partial charge < -0.3 is 15.1 Å². The third-order valence-corrected chi connectivity index (χ3v) is 4.47. The first-order valence-electron chi connectivity index (χ1n) is 7.42. The van der Waals surface area contributed by atoms with Crippen molar-refractivity contribution < 1.29 is 15.0 Å². The molecular weight excluding hydrogens is 244 g/mol. The monoisotopic (exact) mass is 270 g/mol. The normalized spacial score (nSPS) is 30.9. The highest BCUT2D eigenvalue weighted by Gasteiger charge is 2.30. The van der Waals surface area contributed by atoms with Crippen LogP contribution in [0.15, 0.2) is 0 Å². The van der Waals surface area contributed by atoms with Crippen LogP contribution < -0.4 is 0 Å². The van der Waals surface area contributed by atoms with Gasteiger partial charge in [-0.15, -0.1) is 0 Å². The van der Waals surface area contributed by atoms with Crippen molar-refractivity contribution in [2.75, 3.05) is 32.8 Å². The van der Waals surface area contributed by atoms with E-state index in [0.29, 0.717) is 25.4 Å². The van der Waals surface area contributed by atoms with Crippen LogP contribution in [0.25, 0.3) is 0 Å². The fourth-order valence-corrected chi connectivity index (χ4v) is 3.34. The Morgan fingerprint density at radius 3 is 2.74 bits per heavy atom. The van der Waals surface area contributed by atoms with Crippen LogP contribution in [0.1, 0.15) is 32.6 Å². The molecule has 3 atom stereocenters. The number of nitrogens with zero attached hydrogens (tertiary/aromatic N) is 2. The van der Waals surface area contributed by atoms with E-state index in [1.807, 2.05) is 0 Å². The average molecular weight is 270 g/mol. The van der Waals surface area contributed by atoms with Crippen LogP contribution in [0.3, 0.4) is 0 Å². The Bertz CT molecular complexity index is 311. The predicted octanol–water partition coefficient (Wildman–Crippen LogP) is 0.0625. The molecule has 2 aliphatic rings. The molecule has 2 N–H and O–H groups in total. The molecule has 1 amide bonds. The summed E-state index contributed by atoms with van der Waals surface area (Å²) in [4.78, 5) is 15.5. The summed E-state index contributed by atoms with van der Waals surface area (Å²) in [6.07, 6.45) is 3.27. The summed E-state index contributed by atoms with van der Waals surface area (Å²) in [5, 5.41) is 19.6. The molecule has 0 bridgehead atoms. The smallest absolute Gasteiger partial charge is 0.222 e. The lowest BCUT2D eigenvalue weighted by Gasteiger charge is -2.40. The molecule has 0 aromatic rings. The maximum Gasteiger partial charge on any atom is 0.222 e. The highest BCUT2D eigenvalue weighted by molar-refractivity contribution is 5.78. The molecule has 3 unspecified atom stereocenters. The lowest BCUT2D eigenvalue weighted by atomic mass is 9.91. The summed E-state index contributed by atoms with van der Waals surface area (Å²) < 4.78 is 0. The van der Waals surface area contributed by atoms with E-state index in [-0.39, 0.29) is 18.6 Å². The topological polar surface area (TPSA) is 64.0 Å². The van der Waals surface area contributed by atoms with Gasteiger partial charge in [0.15, 0.2) is 0 Å². The van der Waals surface area contributed by atoms with E-state index in [4.69, 9.17) is 0 Å². The number of carbonyl (C=O) groups is 1. The summed E-state index contributed by atoms with van der Waals surface area (Å²) in [6.45, 7) is 5.00. The van der Waals surface area contributed by atoms with Crippen LogP contribution in [0.4, 0.5) is 0 Å². The number of amides is 1. The minimum atomic E-state index is -0.513. The Hall–Kier alpha value is -0.650. The van der Waals surface area contributed by atoms with Gasteiger partial charge in [-0.1, -0.05) is 6.92 Å². The van der Waals surface area contributed by atoms with E-state index in [1.165, 1.54) is 0 Å². The number of β-amino-alcohol motifs (C(OH)–C–C–N with tert-alkyl or cyclic N) is 1. The quantitative estimate of drug-likeness (QED) is 0.742. The first-order chi connectivity index (χ1) is 9.11. The van der Waals surface area contributed by atoms with Crippen molar-refractivity contribution in [3.8, 4) is 0 Å². The molecule has 0 radical (unpaired) electrons. The Labute approximate surface area is 115 Å². The molecule has 0 aliphatic carbocycles. The van der Waals surface area contributed by atoms with Crippen molar-refractivity contribution in [3.63, 3.8) is 0 Å². The van der Waals surface area contributed by atoms with E-state index in [0.717, 1.165) is 32.4 Å². The van der Waals surface area contributed by atoms with Crippen molar-refractivity contribution >= 4 is 5.91 Å². The number of piperidine rings is 1. The number of hydrogen-bond donors (Lipinski definition) is 2. The largest absolute Gasteiger partial charge is 0.395 e. The van der Waals surface area contributed by atoms with Crippen LogP contribution in [-0.4, -0.2) is 70.9 Å². The zero-order valence-corrected chi connectivity index (χ0v) is 11.8. The molecule has 2 aliphatic heterocycles. The average Bonchev–Trinajstić information content (AvgIpc) is 2.75. The summed E-state index contributed by atoms with van der Waals surface area (Å²) in [5.74, 6) is 0.629. The minimum absolute atomic E-state index is 0.149. The van der Waals surface area contributed by atoms with E-state index < -0.39 is 6.10 Å². The molecule has 2 fully saturated rings. The Morgan fingerprint density at radius 1 is 1.32 bits per heavy atom. The second-order valence-electron chi connectivity index (χ2n) is 5.96. The van der Waals surface area contributed by atoms with Crippen molar-refractivity contribution in [2.45, 2.75) is 44.8 Å². The van der Waals surface area contributed by atoms with Gasteiger partial charge in [0.25, 0.3) is 0 Å². The summed E-state index contributed by atoms with van der Waals surface area (Å²) in [7, 11) is 0. The van der Waals surface area contributed by atoms with Crippen LogP contribution in [0.5, 0.6) is 0 Å². The number of likely N-dealkylation sites (tertiary alicyclic amines) is 2. The molecule has 0 aromatic heterocycles. The second kappa shape index (κ2) is 6.68. The summed E-state index contributed by atoms with van der Waals surface area (Å²) in [5.41, 5.74) is 0. The van der Waals surface area contributed by atoms with Gasteiger partial charge in [0.2, 0.25) is 5.91 Å². The lowest BCUT2D eigenvalue weighted by molar-refractivity contribution is -0.129. The van der Waals surface area contributed by atoms with Gasteiger partial charge in [0, 0.05) is 32.1 Å². The van der Waals surface area contributed by atoms with Crippen LogP contribution >= 0.6 is 0 Å². The van der Waals surface area contributed by atoms with Gasteiger partial charge in [0.1, 0.15) is 0 Å². The number of rotatable bonds is 5. The molecule has 2 rings (SSSR count). The van der Waals surface area contributed by atoms with Crippen LogP contribution in [0.2, 0.25) is 0 Å². The highest BCUT2D eigenvalue weighted by Crippen LogP contribution is 2.23. The SMILES string of the molecule is CC1CCCN(CC(O)CN2CCCC2=O)C1CO. The van der Waals surface area contributed by atoms with Crippen molar-refractivity contribution in [1.29, 1.82) is 0 Å². The Balaban J connectivity index is 1.83. The van der Waals surface area contributed by atoms with Crippen LogP contribution in [0, 0.1) is 5.92 Å². The Morgan fingerprint density at radius 2 is 2.11 bits per heavy atom. The maximum atomic E-state index is 11.5. The lowest BCUT2D eigenvalue weighted by Crippen LogP contribution is -2.51. The number of hydrogen-bond acceptors (Lipinski definition) is 4. The zero-order chi connectivity index (χ0) is 13.8. The standard InChI is InChI=1S/C14H26N2O3/c1-11-4-2-6-15(13(11)10-17)8-12(18)9-16-7-3-5-14(16)19/h11-13,17-18H,2-10H2,1H3. The summed E-state index contributed by atoms with van der Waals surface area (Å²) in [6, 6.07) is 0.151. The molecule has 2 saturated heterocycles. The van der Waals surface area contributed by atoms with E-state index >= 15 is 0 Å². The third kappa shape index (κ3) is 3.68. The van der Waals surface area contributed by atoms with Crippen molar-refractivity contribution in [2.24, 2.45) is 5.92 Å². The fraction of sp³-hybridized carbons (Fsp3) is 0.929. The van der Waals surface area contributed by atoms with Crippen molar-refractivity contribution in [1.82, 2.24) is 9.80 Å². The van der Waals surface area contributed by atoms with E-state index in [1.54, 1.807) is 4.90 Å². The maximum absolute atomic E-state index is 11.5. The third-order valence-electron chi connectivity index (χ3n) is 4.47. The highest BCUT2D eigenvalue weighted by atomic mass is 16.3. The van der Waals surface area contributed by atoms with Gasteiger partial charge >= 0.3 is 0 Å². The Kier molecular flexibility index (Phi) is 5.19. The predicted molar refractivity (Wildman–Crippen MR) is 72.7 cm³/mol. The molecule has 0 aromatic carbocycles. The molecule has 5 nitrogen and oxygen atoms in total. The van der Waals surface area contributed by atoms with E-state index in [2.05, 4.69) is 11.8 Å². The molecule has 0 spiro atoms. The van der Waals surface area contributed by atoms with Gasteiger partial charge in [0.05, 0.1) is 12.7 Å². The minimum Gasteiger partial charge on any atom is -0.395 e. The molecule has 0 saturated carbocycles. The number of aliphatic hydroxyl groups is 2. The zero-order valence-electron chi connectivity index (χ0n) is 11.8. The van der Waals surface area contributed by atoms with Gasteiger partial charge in [-0.25, -0.2) is 0 Å². The number of aliphatic hydroxyl groups excluding tert-OH is 2. The summed E-state index contributed by atoms with van der Waals surface area (Å²) >= 11 is 0. The second-order valence-corrected chi connectivity index (χ2v) is 5.96. The first kappa shape index (κ1) is 14.8. The van der Waals surface area contributed by atoms with Gasteiger partial charge in [-0.2, -0.15) is 0 Å². The molecule has 110 valence electrons. The first-order valence-corrected chi connectivity index (χ1v) is 7.42. The van der Waals surface area contributed by atoms with Crippen LogP contribution in [-0.2, 0) is 4.79 Å². The fourth-order valence-electron chi connectivity index (χ4n) is 3.34. The molecule has 2 heterocycles. The number of carbonyl (C=O) groups excluding carboxylic acids is 1. The van der Waals surface area contributed by atoms with E-state index in [9.17, 15) is 15.0 Å². The van der Waals surface area contributed by atoms with Gasteiger partial charge in [-0.3, -0.25) is 9.69 Å². The molecule has 5 heteroatoms. The van der Waals surface area contributed by atoms with Crippen molar-refractivity contribution in [3.05, 3.63) is 0 Å². The van der Waals surface area contributed by atoms with Gasteiger partial charge in [-0.05, 0) is 31.7 Å². The molecular formula is C14H26N2O3. The molecule has 19 heavy (non-hydrogen) atoms.